The van der Waals surface area contributed by atoms with Crippen LogP contribution in [0, 0.1) is 6.92 Å². The van der Waals surface area contributed by atoms with Crippen molar-refractivity contribution in [3.63, 3.8) is 0 Å². The van der Waals surface area contributed by atoms with E-state index in [9.17, 15) is 0 Å². The van der Waals surface area contributed by atoms with Crippen molar-refractivity contribution in [3.8, 4) is 0 Å². The van der Waals surface area contributed by atoms with E-state index in [1.807, 2.05) is 6.92 Å². The first-order valence-electron chi connectivity index (χ1n) is 6.23. The topological polar surface area (TPSA) is 67.1 Å². The predicted molar refractivity (Wildman–Crippen MR) is 70.1 cm³/mol. The van der Waals surface area contributed by atoms with E-state index in [4.69, 9.17) is 5.84 Å². The van der Waals surface area contributed by atoms with E-state index in [1.54, 1.807) is 0 Å². The predicted octanol–water partition coefficient (Wildman–Crippen LogP) is 1.79. The molecule has 0 bridgehead atoms. The summed E-state index contributed by atoms with van der Waals surface area (Å²) in [5.41, 5.74) is 4.83. The lowest BCUT2D eigenvalue weighted by Crippen LogP contribution is -2.23. The fraction of sp³-hybridized carbons (Fsp3) is 0.667. The fourth-order valence-electron chi connectivity index (χ4n) is 2.43. The molecule has 1 aromatic heterocycles. The molecule has 5 nitrogen and oxygen atoms in total. The van der Waals surface area contributed by atoms with Crippen molar-refractivity contribution < 1.29 is 0 Å². The summed E-state index contributed by atoms with van der Waals surface area (Å²) in [4.78, 5) is 11.4. The maximum Gasteiger partial charge on any atom is 0.227 e. The largest absolute Gasteiger partial charge is 0.341 e. The number of aryl methyl sites for hydroxylation is 1. The lowest BCUT2D eigenvalue weighted by atomic mass is 10.0. The summed E-state index contributed by atoms with van der Waals surface area (Å²) >= 11 is 0. The Morgan fingerprint density at radius 1 is 1.24 bits per heavy atom. The minimum Gasteiger partial charge on any atom is -0.341 e. The summed E-state index contributed by atoms with van der Waals surface area (Å²) in [6.07, 6.45) is 2.44. The number of nitrogens with one attached hydrogen (secondary N) is 1. The van der Waals surface area contributed by atoms with Gasteiger partial charge in [0.2, 0.25) is 5.95 Å². The molecule has 1 saturated heterocycles. The summed E-state index contributed by atoms with van der Waals surface area (Å²) in [7, 11) is 0. The third kappa shape index (κ3) is 2.34. The minimum absolute atomic E-state index is 0.369. The van der Waals surface area contributed by atoms with Crippen molar-refractivity contribution in [2.45, 2.75) is 39.5 Å². The van der Waals surface area contributed by atoms with Crippen LogP contribution in [0.25, 0.3) is 0 Å². The molecule has 94 valence electrons. The first-order chi connectivity index (χ1) is 8.13. The highest BCUT2D eigenvalue weighted by Crippen LogP contribution is 2.27. The Morgan fingerprint density at radius 3 is 2.41 bits per heavy atom. The number of nitrogens with two attached hydrogens (primary N) is 1. The van der Waals surface area contributed by atoms with Gasteiger partial charge in [0.25, 0.3) is 0 Å². The Balaban J connectivity index is 2.40. The van der Waals surface area contributed by atoms with Gasteiger partial charge in [-0.05, 0) is 25.7 Å². The molecule has 0 amide bonds. The van der Waals surface area contributed by atoms with Crippen LogP contribution in [-0.4, -0.2) is 23.1 Å². The number of aromatic nitrogens is 2. The number of nitrogen functional groups attached to an aromatic ring is 1. The molecule has 1 aliphatic rings. The highest BCUT2D eigenvalue weighted by Gasteiger charge is 2.19. The van der Waals surface area contributed by atoms with Gasteiger partial charge in [-0.1, -0.05) is 13.8 Å². The molecule has 0 aromatic carbocycles. The van der Waals surface area contributed by atoms with Gasteiger partial charge in [-0.25, -0.2) is 10.8 Å². The molecule has 0 saturated carbocycles. The van der Waals surface area contributed by atoms with Crippen LogP contribution < -0.4 is 16.2 Å². The third-order valence-corrected chi connectivity index (χ3v) is 3.23. The molecular formula is C12H21N5. The summed E-state index contributed by atoms with van der Waals surface area (Å²) in [6.45, 7) is 8.37. The monoisotopic (exact) mass is 235 g/mol. The first-order valence-corrected chi connectivity index (χ1v) is 6.23. The van der Waals surface area contributed by atoms with E-state index >= 15 is 0 Å². The SMILES string of the molecule is Cc1nc(N2CCCC2)nc(NN)c1C(C)C. The van der Waals surface area contributed by atoms with E-state index in [-0.39, 0.29) is 0 Å². The lowest BCUT2D eigenvalue weighted by molar-refractivity contribution is 0.813. The van der Waals surface area contributed by atoms with Crippen LogP contribution in [0.5, 0.6) is 0 Å². The van der Waals surface area contributed by atoms with E-state index in [0.717, 1.165) is 36.1 Å². The van der Waals surface area contributed by atoms with Crippen LogP contribution in [0.4, 0.5) is 11.8 Å². The summed E-state index contributed by atoms with van der Waals surface area (Å²) in [5.74, 6) is 7.50. The molecule has 5 heteroatoms. The van der Waals surface area contributed by atoms with Gasteiger partial charge in [-0.2, -0.15) is 4.98 Å². The van der Waals surface area contributed by atoms with Gasteiger partial charge in [0, 0.05) is 24.3 Å². The zero-order valence-electron chi connectivity index (χ0n) is 10.8. The molecule has 0 unspecified atom stereocenters. The molecule has 2 rings (SSSR count). The van der Waals surface area contributed by atoms with Crippen LogP contribution in [0.3, 0.4) is 0 Å². The second-order valence-electron chi connectivity index (χ2n) is 4.86. The van der Waals surface area contributed by atoms with E-state index in [0.29, 0.717) is 5.92 Å². The normalized spacial score (nSPS) is 15.7. The Bertz CT molecular complexity index is 396. The number of anilines is 2. The summed E-state index contributed by atoms with van der Waals surface area (Å²) in [5, 5.41) is 0. The van der Waals surface area contributed by atoms with Gasteiger partial charge in [-0.15, -0.1) is 0 Å². The second kappa shape index (κ2) is 4.87. The number of hydrogen-bond acceptors (Lipinski definition) is 5. The maximum absolute atomic E-state index is 5.57. The Kier molecular flexibility index (Phi) is 3.47. The average molecular weight is 235 g/mol. The van der Waals surface area contributed by atoms with E-state index in [1.165, 1.54) is 12.8 Å². The van der Waals surface area contributed by atoms with Gasteiger partial charge in [0.1, 0.15) is 5.82 Å². The summed E-state index contributed by atoms with van der Waals surface area (Å²) < 4.78 is 0. The molecule has 1 aliphatic heterocycles. The van der Waals surface area contributed by atoms with Crippen molar-refractivity contribution in [1.82, 2.24) is 9.97 Å². The molecule has 1 fully saturated rings. The Morgan fingerprint density at radius 2 is 1.88 bits per heavy atom. The molecule has 17 heavy (non-hydrogen) atoms. The number of nitrogens with zero attached hydrogens (tertiary/aromatic N) is 3. The highest BCUT2D eigenvalue weighted by atomic mass is 15.3. The van der Waals surface area contributed by atoms with Gasteiger partial charge < -0.3 is 10.3 Å². The van der Waals surface area contributed by atoms with Crippen molar-refractivity contribution in [2.24, 2.45) is 5.84 Å². The number of hydrogen-bond donors (Lipinski definition) is 2. The zero-order valence-corrected chi connectivity index (χ0v) is 10.8. The smallest absolute Gasteiger partial charge is 0.227 e. The minimum atomic E-state index is 0.369. The zero-order chi connectivity index (χ0) is 12.4. The molecule has 1 aromatic rings. The highest BCUT2D eigenvalue weighted by molar-refractivity contribution is 5.52. The molecule has 2 heterocycles. The van der Waals surface area contributed by atoms with Crippen molar-refractivity contribution in [2.75, 3.05) is 23.4 Å². The lowest BCUT2D eigenvalue weighted by Gasteiger charge is -2.20. The van der Waals surface area contributed by atoms with Gasteiger partial charge in [0.05, 0.1) is 0 Å². The Hall–Kier alpha value is -1.36. The van der Waals surface area contributed by atoms with E-state index in [2.05, 4.69) is 34.1 Å². The van der Waals surface area contributed by atoms with Gasteiger partial charge >= 0.3 is 0 Å². The van der Waals surface area contributed by atoms with Crippen LogP contribution in [0.15, 0.2) is 0 Å². The fourth-order valence-corrected chi connectivity index (χ4v) is 2.43. The second-order valence-corrected chi connectivity index (χ2v) is 4.86. The van der Waals surface area contributed by atoms with Crippen molar-refractivity contribution >= 4 is 11.8 Å². The van der Waals surface area contributed by atoms with Gasteiger partial charge in [0.15, 0.2) is 0 Å². The molecular weight excluding hydrogens is 214 g/mol. The van der Waals surface area contributed by atoms with E-state index < -0.39 is 0 Å². The number of hydrazine groups is 1. The van der Waals surface area contributed by atoms with Crippen LogP contribution in [-0.2, 0) is 0 Å². The first kappa shape index (κ1) is 12.1. The van der Waals surface area contributed by atoms with Gasteiger partial charge in [-0.3, -0.25) is 0 Å². The summed E-state index contributed by atoms with van der Waals surface area (Å²) in [6, 6.07) is 0. The average Bonchev–Trinajstić information content (AvgIpc) is 2.80. The number of rotatable bonds is 3. The van der Waals surface area contributed by atoms with Crippen LogP contribution >= 0.6 is 0 Å². The third-order valence-electron chi connectivity index (χ3n) is 3.23. The van der Waals surface area contributed by atoms with Crippen LogP contribution in [0.1, 0.15) is 43.9 Å². The van der Waals surface area contributed by atoms with Crippen LogP contribution in [0.2, 0.25) is 0 Å². The molecule has 0 aliphatic carbocycles. The Labute approximate surface area is 102 Å². The maximum atomic E-state index is 5.57. The standard InChI is InChI=1S/C12H21N5/c1-8(2)10-9(3)14-12(15-11(10)16-13)17-6-4-5-7-17/h8H,4-7,13H2,1-3H3,(H,14,15,16). The van der Waals surface area contributed by atoms with Crippen molar-refractivity contribution in [1.29, 1.82) is 0 Å². The molecule has 3 N–H and O–H groups in total. The van der Waals surface area contributed by atoms with Crippen molar-refractivity contribution in [3.05, 3.63) is 11.3 Å². The molecule has 0 spiro atoms. The quantitative estimate of drug-likeness (QED) is 0.617. The molecule has 0 radical (unpaired) electrons. The molecule has 0 atom stereocenters.